The second-order valence-electron chi connectivity index (χ2n) is 5.47. The molecule has 1 N–H and O–H groups in total. The lowest BCUT2D eigenvalue weighted by Crippen LogP contribution is -2.22. The molecule has 0 aliphatic heterocycles. The van der Waals surface area contributed by atoms with Crippen LogP contribution in [-0.2, 0) is 0 Å². The third-order valence-electron chi connectivity index (χ3n) is 3.38. The van der Waals surface area contributed by atoms with Gasteiger partial charge in [-0.1, -0.05) is 58.2 Å². The summed E-state index contributed by atoms with van der Waals surface area (Å²) in [4.78, 5) is 0. The van der Waals surface area contributed by atoms with Gasteiger partial charge in [0.15, 0.2) is 0 Å². The van der Waals surface area contributed by atoms with Crippen LogP contribution in [0.4, 0.5) is 0 Å². The van der Waals surface area contributed by atoms with Crippen LogP contribution in [0.3, 0.4) is 0 Å². The van der Waals surface area contributed by atoms with Gasteiger partial charge >= 0.3 is 0 Å². The van der Waals surface area contributed by atoms with E-state index in [1.807, 2.05) is 0 Å². The zero-order valence-corrected chi connectivity index (χ0v) is 14.2. The first kappa shape index (κ1) is 15.3. The molecule has 0 aliphatic carbocycles. The summed E-state index contributed by atoms with van der Waals surface area (Å²) < 4.78 is 1.14. The largest absolute Gasteiger partial charge is 0.307 e. The summed E-state index contributed by atoms with van der Waals surface area (Å²) in [5, 5.41) is 3.60. The number of benzene rings is 2. The first-order valence-electron chi connectivity index (χ1n) is 7.08. The Morgan fingerprint density at radius 3 is 1.85 bits per heavy atom. The third-order valence-corrected chi connectivity index (χ3v) is 3.84. The summed E-state index contributed by atoms with van der Waals surface area (Å²) in [5.41, 5.74) is 6.55. The molecular formula is C18H22BrN. The third kappa shape index (κ3) is 3.71. The molecule has 0 heterocycles. The molecule has 2 heteroatoms. The molecule has 0 aliphatic rings. The summed E-state index contributed by atoms with van der Waals surface area (Å²) in [7, 11) is 0. The first-order chi connectivity index (χ1) is 9.49. The lowest BCUT2D eigenvalue weighted by molar-refractivity contribution is 0.629. The van der Waals surface area contributed by atoms with E-state index in [2.05, 4.69) is 85.3 Å². The van der Waals surface area contributed by atoms with Gasteiger partial charge < -0.3 is 5.32 Å². The molecule has 2 aromatic carbocycles. The molecule has 0 spiro atoms. The summed E-state index contributed by atoms with van der Waals surface area (Å²) in [6, 6.07) is 13.6. The molecule has 106 valence electrons. The molecule has 0 fully saturated rings. The number of nitrogens with one attached hydrogen (secondary N) is 1. The van der Waals surface area contributed by atoms with E-state index in [1.54, 1.807) is 0 Å². The number of aryl methyl sites for hydroxylation is 3. The number of halogens is 1. The van der Waals surface area contributed by atoms with Crippen molar-refractivity contribution in [3.63, 3.8) is 0 Å². The Morgan fingerprint density at radius 1 is 0.850 bits per heavy atom. The van der Waals surface area contributed by atoms with Crippen molar-refractivity contribution in [2.24, 2.45) is 0 Å². The molecule has 2 rings (SSSR count). The maximum atomic E-state index is 3.61. The van der Waals surface area contributed by atoms with Crippen LogP contribution in [0.25, 0.3) is 0 Å². The Morgan fingerprint density at radius 2 is 1.35 bits per heavy atom. The lowest BCUT2D eigenvalue weighted by atomic mass is 9.94. The van der Waals surface area contributed by atoms with Gasteiger partial charge in [-0.05, 0) is 56.1 Å². The summed E-state index contributed by atoms with van der Waals surface area (Å²) in [6.07, 6.45) is 0. The molecule has 1 unspecified atom stereocenters. The van der Waals surface area contributed by atoms with E-state index in [0.717, 1.165) is 11.0 Å². The minimum absolute atomic E-state index is 0.245. The molecule has 0 saturated heterocycles. The Balaban J connectivity index is 2.49. The molecule has 1 atom stereocenters. The van der Waals surface area contributed by atoms with Crippen LogP contribution in [-0.4, -0.2) is 6.54 Å². The normalized spacial score (nSPS) is 12.4. The van der Waals surface area contributed by atoms with E-state index >= 15 is 0 Å². The predicted octanol–water partition coefficient (Wildman–Crippen LogP) is 5.07. The van der Waals surface area contributed by atoms with Gasteiger partial charge in [-0.15, -0.1) is 0 Å². The van der Waals surface area contributed by atoms with E-state index in [1.165, 1.54) is 27.8 Å². The van der Waals surface area contributed by atoms with Crippen LogP contribution in [0.15, 0.2) is 40.9 Å². The molecule has 0 aromatic heterocycles. The van der Waals surface area contributed by atoms with Crippen molar-refractivity contribution >= 4 is 15.9 Å². The minimum atomic E-state index is 0.245. The van der Waals surface area contributed by atoms with E-state index in [0.29, 0.717) is 0 Å². The quantitative estimate of drug-likeness (QED) is 0.824. The van der Waals surface area contributed by atoms with E-state index in [9.17, 15) is 0 Å². The maximum Gasteiger partial charge on any atom is 0.0577 e. The van der Waals surface area contributed by atoms with Crippen LogP contribution in [0.1, 0.15) is 40.8 Å². The van der Waals surface area contributed by atoms with Gasteiger partial charge in [0.1, 0.15) is 0 Å². The van der Waals surface area contributed by atoms with Crippen molar-refractivity contribution in [3.8, 4) is 0 Å². The number of rotatable bonds is 4. The highest BCUT2D eigenvalue weighted by molar-refractivity contribution is 9.10. The summed E-state index contributed by atoms with van der Waals surface area (Å²) >= 11 is 3.61. The van der Waals surface area contributed by atoms with Crippen LogP contribution >= 0.6 is 15.9 Å². The second kappa shape index (κ2) is 6.55. The van der Waals surface area contributed by atoms with Crippen molar-refractivity contribution in [1.29, 1.82) is 0 Å². The molecule has 0 bridgehead atoms. The fourth-order valence-corrected chi connectivity index (χ4v) is 3.37. The molecule has 0 saturated carbocycles. The number of hydrogen-bond acceptors (Lipinski definition) is 1. The highest BCUT2D eigenvalue weighted by Gasteiger charge is 2.14. The van der Waals surface area contributed by atoms with Crippen LogP contribution in [0, 0.1) is 20.8 Å². The first-order valence-corrected chi connectivity index (χ1v) is 7.87. The van der Waals surface area contributed by atoms with Crippen LogP contribution in [0.2, 0.25) is 0 Å². The van der Waals surface area contributed by atoms with Crippen molar-refractivity contribution in [2.45, 2.75) is 33.7 Å². The minimum Gasteiger partial charge on any atom is -0.307 e. The zero-order valence-electron chi connectivity index (χ0n) is 12.6. The molecular weight excluding hydrogens is 310 g/mol. The Hall–Kier alpha value is -1.12. The van der Waals surface area contributed by atoms with Gasteiger partial charge in [0, 0.05) is 4.47 Å². The topological polar surface area (TPSA) is 12.0 Å². The highest BCUT2D eigenvalue weighted by atomic mass is 79.9. The number of hydrogen-bond donors (Lipinski definition) is 1. The van der Waals surface area contributed by atoms with Crippen molar-refractivity contribution < 1.29 is 0 Å². The van der Waals surface area contributed by atoms with Crippen molar-refractivity contribution in [1.82, 2.24) is 5.32 Å². The van der Waals surface area contributed by atoms with E-state index in [-0.39, 0.29) is 6.04 Å². The van der Waals surface area contributed by atoms with Gasteiger partial charge in [0.2, 0.25) is 0 Å². The molecule has 20 heavy (non-hydrogen) atoms. The predicted molar refractivity (Wildman–Crippen MR) is 90.3 cm³/mol. The van der Waals surface area contributed by atoms with Crippen molar-refractivity contribution in [2.75, 3.05) is 6.54 Å². The Bertz CT molecular complexity index is 512. The van der Waals surface area contributed by atoms with Crippen molar-refractivity contribution in [3.05, 3.63) is 68.7 Å². The van der Waals surface area contributed by atoms with E-state index in [4.69, 9.17) is 0 Å². The maximum absolute atomic E-state index is 3.61. The lowest BCUT2D eigenvalue weighted by Gasteiger charge is -2.21. The molecule has 0 amide bonds. The highest BCUT2D eigenvalue weighted by Crippen LogP contribution is 2.27. The van der Waals surface area contributed by atoms with Gasteiger partial charge in [0.25, 0.3) is 0 Å². The summed E-state index contributed by atoms with van der Waals surface area (Å²) in [6.45, 7) is 9.56. The zero-order chi connectivity index (χ0) is 14.7. The van der Waals surface area contributed by atoms with Gasteiger partial charge in [-0.2, -0.15) is 0 Å². The Kier molecular flexibility index (Phi) is 5.00. The average molecular weight is 332 g/mol. The molecule has 1 nitrogen and oxygen atoms in total. The summed E-state index contributed by atoms with van der Waals surface area (Å²) in [5.74, 6) is 0. The fraction of sp³-hybridized carbons (Fsp3) is 0.333. The van der Waals surface area contributed by atoms with Crippen LogP contribution in [0.5, 0.6) is 0 Å². The second-order valence-corrected chi connectivity index (χ2v) is 6.39. The fourth-order valence-electron chi connectivity index (χ4n) is 2.74. The SMILES string of the molecule is CCNC(c1cc(C)cc(C)c1)c1cc(C)cc(Br)c1. The molecule has 0 radical (unpaired) electrons. The van der Waals surface area contributed by atoms with Gasteiger partial charge in [0.05, 0.1) is 6.04 Å². The molecule has 2 aromatic rings. The monoisotopic (exact) mass is 331 g/mol. The van der Waals surface area contributed by atoms with Gasteiger partial charge in [-0.25, -0.2) is 0 Å². The smallest absolute Gasteiger partial charge is 0.0577 e. The average Bonchev–Trinajstić information content (AvgIpc) is 2.33. The van der Waals surface area contributed by atoms with Gasteiger partial charge in [-0.3, -0.25) is 0 Å². The van der Waals surface area contributed by atoms with E-state index < -0.39 is 0 Å². The standard InChI is InChI=1S/C18H22BrN/c1-5-20-18(15-7-12(2)6-13(3)8-15)16-9-14(4)10-17(19)11-16/h6-11,18,20H,5H2,1-4H3. The Labute approximate surface area is 130 Å². The van der Waals surface area contributed by atoms with Crippen LogP contribution < -0.4 is 5.32 Å².